The number of nitrogen functional groups attached to an aromatic ring is 1. The van der Waals surface area contributed by atoms with Crippen molar-refractivity contribution in [3.63, 3.8) is 0 Å². The lowest BCUT2D eigenvalue weighted by molar-refractivity contribution is -0.107. The molecule has 1 aliphatic heterocycles. The third-order valence-corrected chi connectivity index (χ3v) is 3.64. The molecule has 11 nitrogen and oxygen atoms in total. The first-order chi connectivity index (χ1) is 10.5. The van der Waals surface area contributed by atoms with Crippen molar-refractivity contribution < 1.29 is 20.1 Å². The average Bonchev–Trinajstić information content (AvgIpc) is 3.04. The molecule has 0 radical (unpaired) electrons. The highest BCUT2D eigenvalue weighted by Crippen LogP contribution is 2.41. The largest absolute Gasteiger partial charge is 0.393 e. The van der Waals surface area contributed by atoms with E-state index in [0.717, 1.165) is 0 Å². The van der Waals surface area contributed by atoms with Crippen LogP contribution in [0, 0.1) is 0 Å². The van der Waals surface area contributed by atoms with Crippen LogP contribution in [0.25, 0.3) is 16.1 Å². The highest BCUT2D eigenvalue weighted by molar-refractivity contribution is 5.48. The molecule has 116 valence electrons. The van der Waals surface area contributed by atoms with Gasteiger partial charge in [0.15, 0.2) is 5.72 Å². The Morgan fingerprint density at radius 3 is 2.91 bits per heavy atom. The Morgan fingerprint density at radius 2 is 2.27 bits per heavy atom. The van der Waals surface area contributed by atoms with Crippen LogP contribution in [0.4, 0.5) is 5.95 Å². The molecule has 3 rings (SSSR count). The maximum absolute atomic E-state index is 10.2. The van der Waals surface area contributed by atoms with Gasteiger partial charge in [-0.1, -0.05) is 5.11 Å². The number of aromatic nitrogens is 3. The molecule has 5 N–H and O–H groups in total. The van der Waals surface area contributed by atoms with Crippen molar-refractivity contribution in [1.82, 2.24) is 14.4 Å². The second-order valence-corrected chi connectivity index (χ2v) is 4.90. The lowest BCUT2D eigenvalue weighted by Gasteiger charge is -2.23. The number of hydrogen-bond acceptors (Lipinski definition) is 8. The third-order valence-electron chi connectivity index (χ3n) is 3.64. The Hall–Kier alpha value is -2.43. The van der Waals surface area contributed by atoms with Crippen LogP contribution < -0.4 is 5.73 Å². The molecule has 1 saturated heterocycles. The Morgan fingerprint density at radius 1 is 1.50 bits per heavy atom. The smallest absolute Gasteiger partial charge is 0.207 e. The molecule has 2 aromatic heterocycles. The number of aliphatic hydroxyl groups is 3. The average molecular weight is 307 g/mol. The van der Waals surface area contributed by atoms with Gasteiger partial charge in [-0.3, -0.25) is 4.40 Å². The van der Waals surface area contributed by atoms with Gasteiger partial charge in [-0.2, -0.15) is 0 Å². The van der Waals surface area contributed by atoms with Gasteiger partial charge in [-0.15, -0.1) is 0 Å². The van der Waals surface area contributed by atoms with Crippen molar-refractivity contribution >= 4 is 11.6 Å². The van der Waals surface area contributed by atoms with E-state index in [1.54, 1.807) is 6.07 Å². The molecule has 0 aliphatic carbocycles. The second kappa shape index (κ2) is 5.09. The molecule has 0 spiro atoms. The van der Waals surface area contributed by atoms with Crippen molar-refractivity contribution in [3.05, 3.63) is 34.6 Å². The fourth-order valence-corrected chi connectivity index (χ4v) is 2.50. The monoisotopic (exact) mass is 307 g/mol. The predicted molar refractivity (Wildman–Crippen MR) is 72.2 cm³/mol. The number of nitrogens with zero attached hydrogens (tertiary/aromatic N) is 6. The standard InChI is InChI=1S/C11H13N7O4/c12-10-15-4-14-6-1-5(2-18(6)10)8-7(20)9(21)11(3-19,22-8)16-17-13/h1-2,4,7-9,19-21H,3H2,(H2,12,14,15)/t7-,8-,9-,11+/m0/s1. The molecule has 2 aromatic rings. The summed E-state index contributed by atoms with van der Waals surface area (Å²) in [4.78, 5) is 10.4. The first kappa shape index (κ1) is 14.5. The molecule has 0 bridgehead atoms. The van der Waals surface area contributed by atoms with Gasteiger partial charge in [-0.25, -0.2) is 9.97 Å². The third kappa shape index (κ3) is 1.96. The number of rotatable bonds is 3. The van der Waals surface area contributed by atoms with E-state index in [-0.39, 0.29) is 5.95 Å². The summed E-state index contributed by atoms with van der Waals surface area (Å²) in [7, 11) is 0. The minimum atomic E-state index is -1.94. The molecular formula is C11H13N7O4. The predicted octanol–water partition coefficient (Wildman–Crippen LogP) is -0.897. The lowest BCUT2D eigenvalue weighted by atomic mass is 10.0. The molecule has 0 unspecified atom stereocenters. The van der Waals surface area contributed by atoms with Gasteiger partial charge in [0.2, 0.25) is 5.95 Å². The summed E-state index contributed by atoms with van der Waals surface area (Å²) in [6, 6.07) is 1.59. The zero-order valence-electron chi connectivity index (χ0n) is 11.2. The molecule has 0 amide bonds. The topological polar surface area (TPSA) is 175 Å². The lowest BCUT2D eigenvalue weighted by Crippen LogP contribution is -2.44. The second-order valence-electron chi connectivity index (χ2n) is 4.90. The maximum atomic E-state index is 10.2. The fraction of sp³-hybridized carbons (Fsp3) is 0.455. The molecule has 11 heteroatoms. The van der Waals surface area contributed by atoms with E-state index in [1.165, 1.54) is 16.9 Å². The van der Waals surface area contributed by atoms with E-state index in [2.05, 4.69) is 20.0 Å². The first-order valence-electron chi connectivity index (χ1n) is 6.32. The number of hydrogen-bond donors (Lipinski definition) is 4. The molecule has 3 heterocycles. The van der Waals surface area contributed by atoms with E-state index >= 15 is 0 Å². The first-order valence-corrected chi connectivity index (χ1v) is 6.32. The van der Waals surface area contributed by atoms with Crippen molar-refractivity contribution in [2.75, 3.05) is 12.3 Å². The Labute approximate surface area is 123 Å². The van der Waals surface area contributed by atoms with Crippen LogP contribution in [-0.2, 0) is 4.74 Å². The quantitative estimate of drug-likeness (QED) is 0.323. The fourth-order valence-electron chi connectivity index (χ4n) is 2.50. The molecule has 4 atom stereocenters. The summed E-state index contributed by atoms with van der Waals surface area (Å²) in [5, 5.41) is 32.9. The summed E-state index contributed by atoms with van der Waals surface area (Å²) in [5.74, 6) is 0.188. The summed E-state index contributed by atoms with van der Waals surface area (Å²) >= 11 is 0. The van der Waals surface area contributed by atoms with Gasteiger partial charge in [0.1, 0.15) is 30.3 Å². The number of anilines is 1. The van der Waals surface area contributed by atoms with Crippen molar-refractivity contribution in [2.24, 2.45) is 5.11 Å². The van der Waals surface area contributed by atoms with E-state index in [4.69, 9.17) is 16.0 Å². The molecule has 22 heavy (non-hydrogen) atoms. The summed E-state index contributed by atoms with van der Waals surface area (Å²) < 4.78 is 6.92. The van der Waals surface area contributed by atoms with Crippen LogP contribution in [0.2, 0.25) is 0 Å². The van der Waals surface area contributed by atoms with Crippen molar-refractivity contribution in [3.8, 4) is 0 Å². The van der Waals surface area contributed by atoms with Gasteiger partial charge in [0, 0.05) is 16.7 Å². The van der Waals surface area contributed by atoms with Crippen LogP contribution in [-0.4, -0.2) is 54.2 Å². The van der Waals surface area contributed by atoms with Crippen LogP contribution in [0.3, 0.4) is 0 Å². The van der Waals surface area contributed by atoms with Gasteiger partial charge < -0.3 is 25.8 Å². The van der Waals surface area contributed by atoms with Gasteiger partial charge in [0.05, 0.1) is 6.61 Å². The van der Waals surface area contributed by atoms with E-state index in [1.807, 2.05) is 0 Å². The van der Waals surface area contributed by atoms with Gasteiger partial charge >= 0.3 is 0 Å². The highest BCUT2D eigenvalue weighted by Gasteiger charge is 2.54. The van der Waals surface area contributed by atoms with Crippen LogP contribution in [0.5, 0.6) is 0 Å². The number of aliphatic hydroxyl groups excluding tert-OH is 3. The van der Waals surface area contributed by atoms with E-state index in [0.29, 0.717) is 11.2 Å². The minimum Gasteiger partial charge on any atom is -0.393 e. The molecule has 1 aliphatic rings. The SMILES string of the molecule is [N-]=[N+]=N[C@]1(CO)O[C@@H](c2cc3ncnc(N)n3c2)[C@H](O)[C@@H]1O. The highest BCUT2D eigenvalue weighted by atomic mass is 16.6. The zero-order valence-corrected chi connectivity index (χ0v) is 11.2. The van der Waals surface area contributed by atoms with E-state index < -0.39 is 30.6 Å². The number of ether oxygens (including phenoxy) is 1. The van der Waals surface area contributed by atoms with Gasteiger partial charge in [0.25, 0.3) is 0 Å². The Bertz CT molecular complexity index is 758. The molecule has 1 fully saturated rings. The van der Waals surface area contributed by atoms with Crippen molar-refractivity contribution in [2.45, 2.75) is 24.0 Å². The number of nitrogens with two attached hydrogens (primary N) is 1. The maximum Gasteiger partial charge on any atom is 0.207 e. The molecule has 0 saturated carbocycles. The zero-order chi connectivity index (χ0) is 15.9. The molecule has 0 aromatic carbocycles. The normalized spacial score (nSPS) is 31.3. The van der Waals surface area contributed by atoms with Crippen molar-refractivity contribution in [1.29, 1.82) is 0 Å². The van der Waals surface area contributed by atoms with Gasteiger partial charge in [-0.05, 0) is 11.6 Å². The molecular weight excluding hydrogens is 294 g/mol. The Kier molecular flexibility index (Phi) is 3.35. The van der Waals surface area contributed by atoms with Crippen LogP contribution in [0.15, 0.2) is 23.7 Å². The van der Waals surface area contributed by atoms with Crippen LogP contribution in [0.1, 0.15) is 11.7 Å². The summed E-state index contributed by atoms with van der Waals surface area (Å²) in [5.41, 5.74) is 13.3. The number of azide groups is 1. The summed E-state index contributed by atoms with van der Waals surface area (Å²) in [6.45, 7) is -0.777. The van der Waals surface area contributed by atoms with Crippen LogP contribution >= 0.6 is 0 Å². The van der Waals surface area contributed by atoms with E-state index in [9.17, 15) is 15.3 Å². The number of fused-ring (bicyclic) bond motifs is 1. The Balaban J connectivity index is 2.04. The summed E-state index contributed by atoms with van der Waals surface area (Å²) in [6.07, 6.45) is -1.18. The minimum absolute atomic E-state index is 0.188.